The van der Waals surface area contributed by atoms with Crippen molar-refractivity contribution in [1.82, 2.24) is 20.3 Å². The summed E-state index contributed by atoms with van der Waals surface area (Å²) in [4.78, 5) is 0. The van der Waals surface area contributed by atoms with Crippen molar-refractivity contribution in [1.29, 1.82) is 0 Å². The summed E-state index contributed by atoms with van der Waals surface area (Å²) < 4.78 is 1.87. The summed E-state index contributed by atoms with van der Waals surface area (Å²) in [5.41, 5.74) is 3.36. The highest BCUT2D eigenvalue weighted by Gasteiger charge is 2.05. The predicted octanol–water partition coefficient (Wildman–Crippen LogP) is 1.69. The molecule has 0 aliphatic carbocycles. The molecule has 0 radical (unpaired) electrons. The van der Waals surface area contributed by atoms with Gasteiger partial charge in [-0.2, -0.15) is 0 Å². The van der Waals surface area contributed by atoms with Crippen molar-refractivity contribution in [2.75, 3.05) is 6.54 Å². The van der Waals surface area contributed by atoms with Crippen LogP contribution in [0.4, 0.5) is 0 Å². The lowest BCUT2D eigenvalue weighted by Crippen LogP contribution is -2.15. The Morgan fingerprint density at radius 1 is 1.38 bits per heavy atom. The van der Waals surface area contributed by atoms with E-state index in [-0.39, 0.29) is 0 Å². The SMILES string of the molecule is CCNCc1cnnn1-c1cccc(C)c1. The van der Waals surface area contributed by atoms with E-state index in [4.69, 9.17) is 0 Å². The maximum atomic E-state index is 4.11. The van der Waals surface area contributed by atoms with Gasteiger partial charge in [0.1, 0.15) is 0 Å². The molecule has 4 nitrogen and oxygen atoms in total. The van der Waals surface area contributed by atoms with Crippen molar-refractivity contribution in [2.24, 2.45) is 0 Å². The van der Waals surface area contributed by atoms with Crippen LogP contribution in [-0.2, 0) is 6.54 Å². The van der Waals surface area contributed by atoms with Crippen LogP contribution in [0.15, 0.2) is 30.5 Å². The molecule has 0 aliphatic rings. The van der Waals surface area contributed by atoms with E-state index in [2.05, 4.69) is 41.6 Å². The van der Waals surface area contributed by atoms with E-state index in [9.17, 15) is 0 Å². The Morgan fingerprint density at radius 3 is 3.00 bits per heavy atom. The second-order valence-corrected chi connectivity index (χ2v) is 3.76. The van der Waals surface area contributed by atoms with Gasteiger partial charge in [0.15, 0.2) is 0 Å². The van der Waals surface area contributed by atoms with Gasteiger partial charge in [-0.15, -0.1) is 5.10 Å². The Balaban J connectivity index is 2.29. The summed E-state index contributed by atoms with van der Waals surface area (Å²) in [5, 5.41) is 11.3. The molecule has 0 unspecified atom stereocenters. The molecule has 0 saturated heterocycles. The van der Waals surface area contributed by atoms with Gasteiger partial charge in [-0.3, -0.25) is 0 Å². The molecule has 0 fully saturated rings. The number of rotatable bonds is 4. The molecule has 1 heterocycles. The maximum absolute atomic E-state index is 4.11. The number of nitrogens with zero attached hydrogens (tertiary/aromatic N) is 3. The second-order valence-electron chi connectivity index (χ2n) is 3.76. The van der Waals surface area contributed by atoms with Crippen LogP contribution >= 0.6 is 0 Å². The molecule has 0 saturated carbocycles. The van der Waals surface area contributed by atoms with E-state index in [0.717, 1.165) is 24.5 Å². The Hall–Kier alpha value is -1.68. The van der Waals surface area contributed by atoms with Crippen LogP contribution in [0.2, 0.25) is 0 Å². The lowest BCUT2D eigenvalue weighted by atomic mass is 10.2. The third-order valence-corrected chi connectivity index (χ3v) is 2.42. The minimum Gasteiger partial charge on any atom is -0.311 e. The normalized spacial score (nSPS) is 10.6. The van der Waals surface area contributed by atoms with Gasteiger partial charge in [-0.05, 0) is 31.2 Å². The number of hydrogen-bond acceptors (Lipinski definition) is 3. The topological polar surface area (TPSA) is 42.7 Å². The summed E-state index contributed by atoms with van der Waals surface area (Å²) in [5.74, 6) is 0. The molecule has 0 atom stereocenters. The van der Waals surface area contributed by atoms with Gasteiger partial charge in [0.2, 0.25) is 0 Å². The number of benzene rings is 1. The monoisotopic (exact) mass is 216 g/mol. The summed E-state index contributed by atoms with van der Waals surface area (Å²) >= 11 is 0. The molecule has 1 N–H and O–H groups in total. The minimum atomic E-state index is 0.789. The van der Waals surface area contributed by atoms with E-state index in [1.165, 1.54) is 5.56 Å². The minimum absolute atomic E-state index is 0.789. The summed E-state index contributed by atoms with van der Waals surface area (Å²) in [6.07, 6.45) is 1.80. The standard InChI is InChI=1S/C12H16N4/c1-3-13-8-12-9-14-15-16(12)11-6-4-5-10(2)7-11/h4-7,9,13H,3,8H2,1-2H3. The van der Waals surface area contributed by atoms with Crippen LogP contribution < -0.4 is 5.32 Å². The fraction of sp³-hybridized carbons (Fsp3) is 0.333. The Labute approximate surface area is 95.3 Å². The number of nitrogens with one attached hydrogen (secondary N) is 1. The number of hydrogen-bond donors (Lipinski definition) is 1. The average Bonchev–Trinajstić information content (AvgIpc) is 2.74. The van der Waals surface area contributed by atoms with Crippen molar-refractivity contribution < 1.29 is 0 Å². The first-order chi connectivity index (χ1) is 7.81. The van der Waals surface area contributed by atoms with Gasteiger partial charge in [0, 0.05) is 6.54 Å². The Kier molecular flexibility index (Phi) is 3.31. The second kappa shape index (κ2) is 4.90. The van der Waals surface area contributed by atoms with E-state index < -0.39 is 0 Å². The van der Waals surface area contributed by atoms with Crippen LogP contribution in [0.5, 0.6) is 0 Å². The van der Waals surface area contributed by atoms with Gasteiger partial charge in [0.05, 0.1) is 17.6 Å². The fourth-order valence-electron chi connectivity index (χ4n) is 1.61. The molecule has 16 heavy (non-hydrogen) atoms. The molecule has 1 aromatic heterocycles. The zero-order valence-electron chi connectivity index (χ0n) is 9.64. The van der Waals surface area contributed by atoms with Crippen molar-refractivity contribution in [3.05, 3.63) is 41.7 Å². The smallest absolute Gasteiger partial charge is 0.0783 e. The first kappa shape index (κ1) is 10.8. The zero-order chi connectivity index (χ0) is 11.4. The molecule has 1 aromatic carbocycles. The van der Waals surface area contributed by atoms with Crippen molar-refractivity contribution in [3.8, 4) is 5.69 Å². The zero-order valence-corrected chi connectivity index (χ0v) is 9.64. The number of aryl methyl sites for hydroxylation is 1. The van der Waals surface area contributed by atoms with Crippen LogP contribution in [-0.4, -0.2) is 21.5 Å². The Morgan fingerprint density at radius 2 is 2.25 bits per heavy atom. The van der Waals surface area contributed by atoms with Gasteiger partial charge in [-0.25, -0.2) is 4.68 Å². The van der Waals surface area contributed by atoms with Crippen LogP contribution in [0.25, 0.3) is 5.69 Å². The molecule has 2 rings (SSSR count). The van der Waals surface area contributed by atoms with Gasteiger partial charge >= 0.3 is 0 Å². The van der Waals surface area contributed by atoms with Gasteiger partial charge in [0.25, 0.3) is 0 Å². The largest absolute Gasteiger partial charge is 0.311 e. The van der Waals surface area contributed by atoms with E-state index in [1.807, 2.05) is 16.8 Å². The van der Waals surface area contributed by atoms with E-state index >= 15 is 0 Å². The quantitative estimate of drug-likeness (QED) is 0.845. The molecule has 0 amide bonds. The third kappa shape index (κ3) is 2.28. The molecular weight excluding hydrogens is 200 g/mol. The number of aromatic nitrogens is 3. The molecule has 0 aliphatic heterocycles. The lowest BCUT2D eigenvalue weighted by molar-refractivity contribution is 0.672. The van der Waals surface area contributed by atoms with Crippen molar-refractivity contribution in [3.63, 3.8) is 0 Å². The average molecular weight is 216 g/mol. The highest BCUT2D eigenvalue weighted by Crippen LogP contribution is 2.11. The van der Waals surface area contributed by atoms with E-state index in [0.29, 0.717) is 0 Å². The van der Waals surface area contributed by atoms with Gasteiger partial charge in [-0.1, -0.05) is 24.3 Å². The molecule has 4 heteroatoms. The van der Waals surface area contributed by atoms with Crippen molar-refractivity contribution in [2.45, 2.75) is 20.4 Å². The molecular formula is C12H16N4. The van der Waals surface area contributed by atoms with Gasteiger partial charge < -0.3 is 5.32 Å². The maximum Gasteiger partial charge on any atom is 0.0783 e. The first-order valence-electron chi connectivity index (χ1n) is 5.48. The lowest BCUT2D eigenvalue weighted by Gasteiger charge is -2.06. The Bertz CT molecular complexity index is 462. The molecule has 84 valence electrons. The van der Waals surface area contributed by atoms with E-state index in [1.54, 1.807) is 6.20 Å². The fourth-order valence-corrected chi connectivity index (χ4v) is 1.61. The highest BCUT2D eigenvalue weighted by atomic mass is 15.4. The third-order valence-electron chi connectivity index (χ3n) is 2.42. The predicted molar refractivity (Wildman–Crippen MR) is 63.5 cm³/mol. The summed E-state index contributed by atoms with van der Waals surface area (Å²) in [7, 11) is 0. The summed E-state index contributed by atoms with van der Waals surface area (Å²) in [6.45, 7) is 5.89. The molecule has 2 aromatic rings. The molecule has 0 bridgehead atoms. The summed E-state index contributed by atoms with van der Waals surface area (Å²) in [6, 6.07) is 8.25. The first-order valence-corrected chi connectivity index (χ1v) is 5.48. The van der Waals surface area contributed by atoms with Crippen molar-refractivity contribution >= 4 is 0 Å². The van der Waals surface area contributed by atoms with Crippen LogP contribution in [0.1, 0.15) is 18.2 Å². The highest BCUT2D eigenvalue weighted by molar-refractivity contribution is 5.35. The van der Waals surface area contributed by atoms with Crippen LogP contribution in [0.3, 0.4) is 0 Å². The molecule has 0 spiro atoms. The van der Waals surface area contributed by atoms with Crippen LogP contribution in [0, 0.1) is 6.92 Å².